The number of primary amides is 1. The Hall–Kier alpha value is -7.13. The molecule has 0 spiro atoms. The van der Waals surface area contributed by atoms with Gasteiger partial charge in [-0.05, 0) is 82.3 Å². The number of aromatic nitrogens is 2. The fourth-order valence-corrected chi connectivity index (χ4v) is 7.95. The summed E-state index contributed by atoms with van der Waals surface area (Å²) in [5.74, 6) is -5.63. The van der Waals surface area contributed by atoms with Gasteiger partial charge in [0.15, 0.2) is 0 Å². The molecule has 0 radical (unpaired) electrons. The van der Waals surface area contributed by atoms with E-state index in [4.69, 9.17) is 17.2 Å². The van der Waals surface area contributed by atoms with Gasteiger partial charge in [0.2, 0.25) is 41.4 Å². The summed E-state index contributed by atoms with van der Waals surface area (Å²) in [6.45, 7) is 6.17. The first-order chi connectivity index (χ1) is 32.9. The molecule has 5 rings (SSSR count). The van der Waals surface area contributed by atoms with Crippen molar-refractivity contribution in [2.45, 2.75) is 121 Å². The number of H-pyrrole nitrogens is 2. The highest BCUT2D eigenvalue weighted by Crippen LogP contribution is 2.24. The number of rotatable bonds is 25. The van der Waals surface area contributed by atoms with Crippen molar-refractivity contribution in [1.82, 2.24) is 41.9 Å². The van der Waals surface area contributed by atoms with Crippen LogP contribution in [0.3, 0.4) is 0 Å². The Morgan fingerprint density at radius 2 is 1.13 bits per heavy atom. The third kappa shape index (κ3) is 14.4. The summed E-state index contributed by atoms with van der Waals surface area (Å²) in [7, 11) is 0. The number of hydrogen-bond donors (Lipinski definition) is 13. The zero-order valence-electron chi connectivity index (χ0n) is 39.2. The second-order valence-corrected chi connectivity index (χ2v) is 17.4. The number of aromatic amines is 2. The van der Waals surface area contributed by atoms with E-state index in [1.807, 2.05) is 55.5 Å². The van der Waals surface area contributed by atoms with E-state index < -0.39 is 95.9 Å². The molecule has 0 aliphatic rings. The predicted octanol–water partition coefficient (Wildman–Crippen LogP) is -0.383. The van der Waals surface area contributed by atoms with Gasteiger partial charge < -0.3 is 69.3 Å². The zero-order valence-corrected chi connectivity index (χ0v) is 39.2. The van der Waals surface area contributed by atoms with Crippen molar-refractivity contribution in [3.8, 4) is 0 Å². The highest BCUT2D eigenvalue weighted by molar-refractivity contribution is 5.98. The van der Waals surface area contributed by atoms with Crippen LogP contribution in [0.5, 0.6) is 0 Å². The maximum Gasteiger partial charge on any atom is 0.243 e. The summed E-state index contributed by atoms with van der Waals surface area (Å²) in [4.78, 5) is 102. The molecule has 7 amide bonds. The van der Waals surface area contributed by atoms with E-state index in [0.717, 1.165) is 33.1 Å². The van der Waals surface area contributed by atoms with Crippen molar-refractivity contribution >= 4 is 63.2 Å². The van der Waals surface area contributed by atoms with Crippen molar-refractivity contribution in [3.63, 3.8) is 0 Å². The number of para-hydroxylation sites is 2. The van der Waals surface area contributed by atoms with Gasteiger partial charge in [0.1, 0.15) is 42.3 Å². The molecule has 0 saturated heterocycles. The van der Waals surface area contributed by atoms with Crippen LogP contribution >= 0.6 is 0 Å². The minimum atomic E-state index is -1.45. The summed E-state index contributed by atoms with van der Waals surface area (Å²) >= 11 is 0. The lowest BCUT2D eigenvalue weighted by molar-refractivity contribution is -0.135. The standard InChI is InChI=1S/C49H65N11O9/c1-26-34(33-17-9-11-19-36(33)54-26)24-40(59-49(69)41(51)28(3)61)46(66)55-27(2)44(64)57-39(23-31-25-53-35-18-10-8-16-32(31)35)48(68)58-38(22-30-14-6-5-7-15-30)47(67)56-37(20-12-13-21-50)45(65)60-42(29(4)62)43(52)63/h5-11,14-19,25,27-29,37-42,53-54,61-62H,12-13,20-24,50-51H2,1-4H3,(H2,52,63)(H,55,66)(H,56,67)(H,57,64)(H,58,68)(H,59,69)(H,60,65)/t27-,28+,29+,37-,38+,39-,40+,41+,42+/m0/s1. The molecule has 2 aromatic heterocycles. The number of nitrogens with two attached hydrogens (primary N) is 3. The molecule has 0 aliphatic heterocycles. The number of amides is 7. The van der Waals surface area contributed by atoms with Crippen molar-refractivity contribution in [2.75, 3.05) is 6.54 Å². The van der Waals surface area contributed by atoms with E-state index in [9.17, 15) is 43.8 Å². The van der Waals surface area contributed by atoms with Crippen LogP contribution in [-0.4, -0.2) is 123 Å². The molecule has 0 unspecified atom stereocenters. The normalized spacial score (nSPS) is 15.3. The topological polar surface area (TPSA) is 342 Å². The average molecular weight is 952 g/mol. The van der Waals surface area contributed by atoms with E-state index in [1.54, 1.807) is 36.5 Å². The summed E-state index contributed by atoms with van der Waals surface area (Å²) in [6, 6.07) is 14.3. The molecular formula is C49H65N11O9. The summed E-state index contributed by atoms with van der Waals surface area (Å²) in [6.07, 6.45) is -0.000242. The molecule has 0 fully saturated rings. The molecule has 5 aromatic rings. The smallest absolute Gasteiger partial charge is 0.243 e. The van der Waals surface area contributed by atoms with E-state index in [-0.39, 0.29) is 25.7 Å². The van der Waals surface area contributed by atoms with Gasteiger partial charge in [0.05, 0.1) is 12.2 Å². The van der Waals surface area contributed by atoms with Crippen LogP contribution in [0.1, 0.15) is 62.4 Å². The fraction of sp³-hybridized carbons (Fsp3) is 0.408. The molecule has 0 saturated carbocycles. The molecule has 0 aliphatic carbocycles. The van der Waals surface area contributed by atoms with Gasteiger partial charge >= 0.3 is 0 Å². The van der Waals surface area contributed by atoms with Crippen molar-refractivity contribution in [3.05, 3.63) is 107 Å². The van der Waals surface area contributed by atoms with Gasteiger partial charge in [-0.3, -0.25) is 33.6 Å². The monoisotopic (exact) mass is 951 g/mol. The van der Waals surface area contributed by atoms with Gasteiger partial charge in [-0.15, -0.1) is 0 Å². The van der Waals surface area contributed by atoms with Crippen LogP contribution in [0.15, 0.2) is 85.1 Å². The maximum absolute atomic E-state index is 14.6. The van der Waals surface area contributed by atoms with Gasteiger partial charge in [0, 0.05) is 53.0 Å². The zero-order chi connectivity index (χ0) is 50.4. The highest BCUT2D eigenvalue weighted by atomic mass is 16.3. The van der Waals surface area contributed by atoms with Gasteiger partial charge in [0.25, 0.3) is 0 Å². The molecule has 9 atom stereocenters. The number of hydrogen-bond acceptors (Lipinski definition) is 11. The number of aryl methyl sites for hydroxylation is 1. The first kappa shape index (κ1) is 52.8. The van der Waals surface area contributed by atoms with Gasteiger partial charge in [-0.2, -0.15) is 0 Å². The Labute approximate surface area is 399 Å². The average Bonchev–Trinajstić information content (AvgIpc) is 3.88. The number of benzene rings is 3. The molecule has 2 heterocycles. The number of aliphatic hydroxyl groups is 2. The highest BCUT2D eigenvalue weighted by Gasteiger charge is 2.34. The molecule has 16 N–H and O–H groups in total. The van der Waals surface area contributed by atoms with E-state index >= 15 is 0 Å². The minimum Gasteiger partial charge on any atom is -0.391 e. The molecule has 370 valence electrons. The molecule has 0 bridgehead atoms. The second kappa shape index (κ2) is 24.8. The Morgan fingerprint density at radius 1 is 0.594 bits per heavy atom. The first-order valence-electron chi connectivity index (χ1n) is 23.0. The maximum atomic E-state index is 14.6. The lowest BCUT2D eigenvalue weighted by Gasteiger charge is -2.27. The fourth-order valence-electron chi connectivity index (χ4n) is 7.95. The van der Waals surface area contributed by atoms with E-state index in [0.29, 0.717) is 30.5 Å². The molecule has 69 heavy (non-hydrogen) atoms. The first-order valence-corrected chi connectivity index (χ1v) is 23.0. The third-order valence-corrected chi connectivity index (χ3v) is 12.0. The van der Waals surface area contributed by atoms with Crippen LogP contribution in [0.2, 0.25) is 0 Å². The number of nitrogens with one attached hydrogen (secondary N) is 8. The Kier molecular flexibility index (Phi) is 19.0. The number of carbonyl (C=O) groups is 7. The predicted molar refractivity (Wildman–Crippen MR) is 260 cm³/mol. The largest absolute Gasteiger partial charge is 0.391 e. The number of fused-ring (bicyclic) bond motifs is 2. The second-order valence-electron chi connectivity index (χ2n) is 17.4. The summed E-state index contributed by atoms with van der Waals surface area (Å²) in [5.41, 5.74) is 21.4. The Morgan fingerprint density at radius 3 is 1.77 bits per heavy atom. The lowest BCUT2D eigenvalue weighted by atomic mass is 10.0. The number of aliphatic hydroxyl groups excluding tert-OH is 2. The summed E-state index contributed by atoms with van der Waals surface area (Å²) < 4.78 is 0. The third-order valence-electron chi connectivity index (χ3n) is 12.0. The van der Waals surface area contributed by atoms with Crippen LogP contribution < -0.4 is 49.1 Å². The minimum absolute atomic E-state index is 0.00737. The number of unbranched alkanes of at least 4 members (excludes halogenated alkanes) is 1. The molecule has 20 nitrogen and oxygen atoms in total. The van der Waals surface area contributed by atoms with Gasteiger partial charge in [-0.25, -0.2) is 0 Å². The quantitative estimate of drug-likeness (QED) is 0.0335. The van der Waals surface area contributed by atoms with E-state index in [1.165, 1.54) is 20.8 Å². The van der Waals surface area contributed by atoms with Gasteiger partial charge in [-0.1, -0.05) is 66.7 Å². The summed E-state index contributed by atoms with van der Waals surface area (Å²) in [5, 5.41) is 37.7. The lowest BCUT2D eigenvalue weighted by Crippen LogP contribution is -2.61. The van der Waals surface area contributed by atoms with Crippen molar-refractivity contribution in [1.29, 1.82) is 0 Å². The molecular weight excluding hydrogens is 887 g/mol. The van der Waals surface area contributed by atoms with Crippen molar-refractivity contribution < 1.29 is 43.8 Å². The van der Waals surface area contributed by atoms with E-state index in [2.05, 4.69) is 41.9 Å². The van der Waals surface area contributed by atoms with Crippen molar-refractivity contribution in [2.24, 2.45) is 17.2 Å². The Bertz CT molecular complexity index is 2580. The SMILES string of the molecule is Cc1[nH]c2ccccc2c1C[C@@H](NC(=O)[C@H](N)[C@@H](C)O)C(=O)N[C@@H](C)C(=O)N[C@@H](Cc1c[nH]c2ccccc12)C(=O)N[C@H](Cc1ccccc1)C(=O)N[C@@H](CCCCN)C(=O)N[C@@H](C(N)=O)[C@@H](C)O. The molecule has 3 aromatic carbocycles. The van der Waals surface area contributed by atoms with Crippen LogP contribution in [-0.2, 0) is 52.8 Å². The van der Waals surface area contributed by atoms with Crippen LogP contribution in [0.4, 0.5) is 0 Å². The van der Waals surface area contributed by atoms with Crippen LogP contribution in [0, 0.1) is 6.92 Å². The molecule has 20 heteroatoms. The van der Waals surface area contributed by atoms with Crippen LogP contribution in [0.25, 0.3) is 21.8 Å². The Balaban J connectivity index is 1.42. The number of carbonyl (C=O) groups excluding carboxylic acids is 7.